The molecule has 0 radical (unpaired) electrons. The van der Waals surface area contributed by atoms with E-state index in [2.05, 4.69) is 5.32 Å². The third kappa shape index (κ3) is 6.12. The fourth-order valence-corrected chi connectivity index (χ4v) is 3.67. The number of amides is 2. The van der Waals surface area contributed by atoms with Crippen LogP contribution < -0.4 is 10.1 Å². The van der Waals surface area contributed by atoms with E-state index in [1.165, 1.54) is 0 Å². The molecule has 0 bridgehead atoms. The summed E-state index contributed by atoms with van der Waals surface area (Å²) in [6.45, 7) is 1.59. The maximum Gasteiger partial charge on any atom is 0.232 e. The smallest absolute Gasteiger partial charge is 0.232 e. The number of carbonyl (C=O) groups is 2. The molecule has 1 saturated heterocycles. The first-order valence-corrected chi connectivity index (χ1v) is 10.2. The summed E-state index contributed by atoms with van der Waals surface area (Å²) in [5, 5.41) is 3.41. The van der Waals surface area contributed by atoms with Crippen molar-refractivity contribution in [2.24, 2.45) is 5.92 Å². The molecule has 0 spiro atoms. The third-order valence-electron chi connectivity index (χ3n) is 4.35. The van der Waals surface area contributed by atoms with Crippen LogP contribution in [0.5, 0.6) is 5.75 Å². The van der Waals surface area contributed by atoms with Crippen molar-refractivity contribution in [1.29, 1.82) is 0 Å². The van der Waals surface area contributed by atoms with Crippen LogP contribution in [-0.4, -0.2) is 48.9 Å². The molecule has 1 fully saturated rings. The maximum atomic E-state index is 12.3. The number of benzene rings is 1. The van der Waals surface area contributed by atoms with Gasteiger partial charge >= 0.3 is 0 Å². The second kappa shape index (κ2) is 9.92. The van der Waals surface area contributed by atoms with Gasteiger partial charge in [-0.25, -0.2) is 0 Å². The van der Waals surface area contributed by atoms with E-state index in [0.717, 1.165) is 32.4 Å². The monoisotopic (exact) mass is 384 g/mol. The fraction of sp³-hybridized carbons (Fsp3) is 0.556. The molecular weight excluding hydrogens is 360 g/mol. The number of rotatable bonds is 7. The summed E-state index contributed by atoms with van der Waals surface area (Å²) in [6.07, 6.45) is 5.21. The van der Waals surface area contributed by atoms with E-state index in [-0.39, 0.29) is 11.8 Å². The summed E-state index contributed by atoms with van der Waals surface area (Å²) >= 11 is 7.53. The summed E-state index contributed by atoms with van der Waals surface area (Å²) in [5.41, 5.74) is 0.584. The number of halogens is 1. The van der Waals surface area contributed by atoms with Crippen LogP contribution >= 0.6 is 23.4 Å². The van der Waals surface area contributed by atoms with Crippen LogP contribution in [0.1, 0.15) is 25.7 Å². The molecule has 0 unspecified atom stereocenters. The van der Waals surface area contributed by atoms with Crippen LogP contribution in [0, 0.1) is 5.92 Å². The first-order valence-electron chi connectivity index (χ1n) is 8.43. The van der Waals surface area contributed by atoms with Crippen LogP contribution in [0.4, 0.5) is 5.69 Å². The van der Waals surface area contributed by atoms with Gasteiger partial charge in [-0.3, -0.25) is 9.59 Å². The number of methoxy groups -OCH3 is 1. The van der Waals surface area contributed by atoms with Gasteiger partial charge in [0, 0.05) is 24.5 Å². The number of likely N-dealkylation sites (tertiary alicyclic amines) is 1. The maximum absolute atomic E-state index is 12.3. The zero-order chi connectivity index (χ0) is 18.2. The number of hydrogen-bond acceptors (Lipinski definition) is 4. The lowest BCUT2D eigenvalue weighted by atomic mass is 9.93. The Morgan fingerprint density at radius 3 is 2.96 bits per heavy atom. The molecule has 138 valence electrons. The fourth-order valence-electron chi connectivity index (χ4n) is 3.07. The lowest BCUT2D eigenvalue weighted by Gasteiger charge is -2.32. The molecule has 0 saturated carbocycles. The van der Waals surface area contributed by atoms with Gasteiger partial charge in [0.15, 0.2) is 0 Å². The largest absolute Gasteiger partial charge is 0.495 e. The first-order chi connectivity index (χ1) is 12.0. The lowest BCUT2D eigenvalue weighted by Crippen LogP contribution is -2.41. The predicted octanol–water partition coefficient (Wildman–Crippen LogP) is 3.67. The van der Waals surface area contributed by atoms with Crippen LogP contribution in [-0.2, 0) is 9.59 Å². The van der Waals surface area contributed by atoms with Crippen LogP contribution in [0.15, 0.2) is 18.2 Å². The number of thioether (sulfide) groups is 1. The summed E-state index contributed by atoms with van der Waals surface area (Å²) in [6, 6.07) is 5.13. The highest BCUT2D eigenvalue weighted by Crippen LogP contribution is 2.28. The number of nitrogens with zero attached hydrogens (tertiary/aromatic N) is 1. The molecule has 7 heteroatoms. The third-order valence-corrected chi connectivity index (χ3v) is 5.13. The average Bonchev–Trinajstić information content (AvgIpc) is 2.61. The Kier molecular flexibility index (Phi) is 7.90. The minimum atomic E-state index is -0.0619. The second-order valence-corrected chi connectivity index (χ2v) is 7.51. The minimum Gasteiger partial charge on any atom is -0.495 e. The normalized spacial score (nSPS) is 17.2. The number of anilines is 1. The van der Waals surface area contributed by atoms with E-state index in [9.17, 15) is 9.59 Å². The van der Waals surface area contributed by atoms with Crippen molar-refractivity contribution in [3.8, 4) is 5.75 Å². The molecular formula is C18H25ClN2O3S. The van der Waals surface area contributed by atoms with Gasteiger partial charge in [0.2, 0.25) is 11.8 Å². The van der Waals surface area contributed by atoms with Gasteiger partial charge in [-0.2, -0.15) is 11.8 Å². The molecule has 25 heavy (non-hydrogen) atoms. The van der Waals surface area contributed by atoms with E-state index in [4.69, 9.17) is 16.3 Å². The zero-order valence-corrected chi connectivity index (χ0v) is 16.3. The Labute approximate surface area is 158 Å². The number of carbonyl (C=O) groups excluding carboxylic acids is 2. The highest BCUT2D eigenvalue weighted by Gasteiger charge is 2.23. The van der Waals surface area contributed by atoms with E-state index < -0.39 is 0 Å². The van der Waals surface area contributed by atoms with Crippen LogP contribution in [0.25, 0.3) is 0 Å². The summed E-state index contributed by atoms with van der Waals surface area (Å²) in [5.74, 6) is 1.64. The van der Waals surface area contributed by atoms with Crippen molar-refractivity contribution in [3.05, 3.63) is 23.2 Å². The molecule has 1 heterocycles. The van der Waals surface area contributed by atoms with Gasteiger partial charge in [-0.1, -0.05) is 11.6 Å². The van der Waals surface area contributed by atoms with E-state index in [1.54, 1.807) is 37.1 Å². The summed E-state index contributed by atoms with van der Waals surface area (Å²) in [7, 11) is 1.56. The van der Waals surface area contributed by atoms with Gasteiger partial charge in [-0.05, 0) is 49.6 Å². The summed E-state index contributed by atoms with van der Waals surface area (Å²) in [4.78, 5) is 26.2. The molecule has 1 N–H and O–H groups in total. The molecule has 1 aliphatic heterocycles. The van der Waals surface area contributed by atoms with Crippen molar-refractivity contribution >= 4 is 40.9 Å². The predicted molar refractivity (Wildman–Crippen MR) is 104 cm³/mol. The van der Waals surface area contributed by atoms with Crippen LogP contribution in [0.3, 0.4) is 0 Å². The van der Waals surface area contributed by atoms with Crippen molar-refractivity contribution in [2.75, 3.05) is 37.5 Å². The molecule has 5 nitrogen and oxygen atoms in total. The number of nitrogens with one attached hydrogen (secondary N) is 1. The minimum absolute atomic E-state index is 0.0619. The van der Waals surface area contributed by atoms with E-state index in [0.29, 0.717) is 34.6 Å². The van der Waals surface area contributed by atoms with Crippen molar-refractivity contribution < 1.29 is 14.3 Å². The Morgan fingerprint density at radius 2 is 2.24 bits per heavy atom. The SMILES string of the molecule is COc1ccc(Cl)cc1NC(=O)CC[C@H]1CCCN(C(=O)CSC)C1. The van der Waals surface area contributed by atoms with Gasteiger partial charge in [-0.15, -0.1) is 0 Å². The molecule has 1 aliphatic rings. The van der Waals surface area contributed by atoms with Crippen LogP contribution in [0.2, 0.25) is 5.02 Å². The molecule has 1 aromatic rings. The van der Waals surface area contributed by atoms with Gasteiger partial charge in [0.25, 0.3) is 0 Å². The van der Waals surface area contributed by atoms with Crippen molar-refractivity contribution in [1.82, 2.24) is 4.90 Å². The Hall–Kier alpha value is -1.40. The molecule has 2 rings (SSSR count). The van der Waals surface area contributed by atoms with E-state index >= 15 is 0 Å². The molecule has 0 aliphatic carbocycles. The molecule has 0 aromatic heterocycles. The molecule has 2 amide bonds. The Morgan fingerprint density at radius 1 is 1.44 bits per heavy atom. The number of hydrogen-bond donors (Lipinski definition) is 1. The highest BCUT2D eigenvalue weighted by molar-refractivity contribution is 7.99. The Bertz CT molecular complexity index is 612. The average molecular weight is 385 g/mol. The first kappa shape index (κ1) is 19.9. The quantitative estimate of drug-likeness (QED) is 0.779. The molecule has 1 aromatic carbocycles. The van der Waals surface area contributed by atoms with Gasteiger partial charge in [0.05, 0.1) is 18.6 Å². The number of piperidine rings is 1. The molecule has 1 atom stereocenters. The zero-order valence-electron chi connectivity index (χ0n) is 14.7. The van der Waals surface area contributed by atoms with E-state index in [1.807, 2.05) is 11.2 Å². The van der Waals surface area contributed by atoms with Gasteiger partial charge < -0.3 is 15.0 Å². The van der Waals surface area contributed by atoms with Gasteiger partial charge in [0.1, 0.15) is 5.75 Å². The van der Waals surface area contributed by atoms with Crippen molar-refractivity contribution in [3.63, 3.8) is 0 Å². The van der Waals surface area contributed by atoms with Crippen molar-refractivity contribution in [2.45, 2.75) is 25.7 Å². The Balaban J connectivity index is 1.83. The number of ether oxygens (including phenoxy) is 1. The highest BCUT2D eigenvalue weighted by atomic mass is 35.5. The topological polar surface area (TPSA) is 58.6 Å². The lowest BCUT2D eigenvalue weighted by molar-refractivity contribution is -0.130. The standard InChI is InChI=1S/C18H25ClN2O3S/c1-24-16-7-6-14(19)10-15(16)20-17(22)8-5-13-4-3-9-21(11-13)18(23)12-25-2/h6-7,10,13H,3-5,8-9,11-12H2,1-2H3,(H,20,22)/t13-/m1/s1. The second-order valence-electron chi connectivity index (χ2n) is 6.21. The summed E-state index contributed by atoms with van der Waals surface area (Å²) < 4.78 is 5.24.